The van der Waals surface area contributed by atoms with Crippen LogP contribution in [-0.4, -0.2) is 63.4 Å². The van der Waals surface area contributed by atoms with Crippen molar-refractivity contribution in [1.82, 2.24) is 25.1 Å². The molecule has 0 saturated carbocycles. The number of nitrogens with zero attached hydrogens (tertiary/aromatic N) is 5. The second-order valence-corrected chi connectivity index (χ2v) is 7.64. The van der Waals surface area contributed by atoms with Crippen LogP contribution in [0.1, 0.15) is 5.56 Å². The Hall–Kier alpha value is -3.61. The van der Waals surface area contributed by atoms with E-state index in [2.05, 4.69) is 20.8 Å². The highest BCUT2D eigenvalue weighted by molar-refractivity contribution is 7.99. The van der Waals surface area contributed by atoms with Crippen molar-refractivity contribution in [3.05, 3.63) is 54.1 Å². The van der Waals surface area contributed by atoms with E-state index >= 15 is 0 Å². The molecule has 174 valence electrons. The van der Waals surface area contributed by atoms with Crippen molar-refractivity contribution in [1.29, 1.82) is 0 Å². The Labute approximate surface area is 190 Å². The largest absolute Gasteiger partial charge is 0.497 e. The number of amides is 2. The van der Waals surface area contributed by atoms with E-state index in [4.69, 9.17) is 4.74 Å². The molecule has 2 aromatic carbocycles. The summed E-state index contributed by atoms with van der Waals surface area (Å²) >= 11 is 1.06. The first-order valence-corrected chi connectivity index (χ1v) is 10.4. The molecule has 1 N–H and O–H groups in total. The van der Waals surface area contributed by atoms with Crippen molar-refractivity contribution < 1.29 is 27.5 Å². The molecule has 3 aromatic rings. The number of alkyl halides is 3. The Bertz CT molecular complexity index is 1120. The zero-order chi connectivity index (χ0) is 24.0. The quantitative estimate of drug-likeness (QED) is 0.495. The summed E-state index contributed by atoms with van der Waals surface area (Å²) in [5.41, 5.74) is -0.677. The molecule has 0 fully saturated rings. The van der Waals surface area contributed by atoms with E-state index in [1.165, 1.54) is 23.9 Å². The Kier molecular flexibility index (Phi) is 7.53. The van der Waals surface area contributed by atoms with Crippen LogP contribution in [0.4, 0.5) is 18.9 Å². The third kappa shape index (κ3) is 6.22. The highest BCUT2D eigenvalue weighted by Crippen LogP contribution is 2.34. The van der Waals surface area contributed by atoms with Gasteiger partial charge in [-0.25, -0.2) is 0 Å². The molecule has 0 atom stereocenters. The summed E-state index contributed by atoms with van der Waals surface area (Å²) in [5.74, 6) is -0.604. The molecule has 0 unspecified atom stereocenters. The fourth-order valence-electron chi connectivity index (χ4n) is 2.72. The standard InChI is InChI=1S/C20H19F3N6O3S/c1-28(11-17(30)24-16-6-4-3-5-15(16)20(21,22)23)18(31)12-33-19-25-26-27-29(19)13-7-9-14(32-2)10-8-13/h3-10H,11-12H2,1-2H3,(H,24,30). The maximum atomic E-state index is 13.1. The van der Waals surface area contributed by atoms with Crippen LogP contribution >= 0.6 is 11.8 Å². The van der Waals surface area contributed by atoms with Crippen LogP contribution in [-0.2, 0) is 15.8 Å². The number of methoxy groups -OCH3 is 1. The van der Waals surface area contributed by atoms with Gasteiger partial charge in [-0.1, -0.05) is 23.9 Å². The zero-order valence-corrected chi connectivity index (χ0v) is 18.4. The lowest BCUT2D eigenvalue weighted by molar-refractivity contribution is -0.137. The molecular weight excluding hydrogens is 461 g/mol. The van der Waals surface area contributed by atoms with Gasteiger partial charge in [0.15, 0.2) is 0 Å². The zero-order valence-electron chi connectivity index (χ0n) is 17.5. The number of rotatable bonds is 8. The average molecular weight is 480 g/mol. The van der Waals surface area contributed by atoms with Crippen molar-refractivity contribution >= 4 is 29.3 Å². The predicted molar refractivity (Wildman–Crippen MR) is 114 cm³/mol. The Morgan fingerprint density at radius 2 is 1.85 bits per heavy atom. The first kappa shape index (κ1) is 24.0. The van der Waals surface area contributed by atoms with E-state index in [1.807, 2.05) is 0 Å². The number of aromatic nitrogens is 4. The first-order valence-electron chi connectivity index (χ1n) is 9.44. The maximum absolute atomic E-state index is 13.1. The number of tetrazole rings is 1. The molecule has 3 rings (SSSR count). The third-order valence-electron chi connectivity index (χ3n) is 4.40. The number of hydrogen-bond donors (Lipinski definition) is 1. The molecule has 2 amide bonds. The van der Waals surface area contributed by atoms with Gasteiger partial charge in [-0.3, -0.25) is 9.59 Å². The Morgan fingerprint density at radius 3 is 2.52 bits per heavy atom. The Balaban J connectivity index is 1.57. The van der Waals surface area contributed by atoms with Crippen LogP contribution < -0.4 is 10.1 Å². The maximum Gasteiger partial charge on any atom is 0.418 e. The summed E-state index contributed by atoms with van der Waals surface area (Å²) in [6.45, 7) is -0.422. The monoisotopic (exact) mass is 480 g/mol. The number of carbonyl (C=O) groups excluding carboxylic acids is 2. The third-order valence-corrected chi connectivity index (χ3v) is 5.30. The molecule has 0 saturated heterocycles. The van der Waals surface area contributed by atoms with E-state index in [1.54, 1.807) is 31.4 Å². The average Bonchev–Trinajstić information content (AvgIpc) is 3.25. The van der Waals surface area contributed by atoms with Crippen LogP contribution in [0.15, 0.2) is 53.7 Å². The molecular formula is C20H19F3N6O3S. The number of ether oxygens (including phenoxy) is 1. The van der Waals surface area contributed by atoms with Gasteiger partial charge >= 0.3 is 6.18 Å². The topological polar surface area (TPSA) is 102 Å². The molecule has 1 aromatic heterocycles. The van der Waals surface area contributed by atoms with Crippen molar-refractivity contribution in [3.8, 4) is 11.4 Å². The SMILES string of the molecule is COc1ccc(-n2nnnc2SCC(=O)N(C)CC(=O)Nc2ccccc2C(F)(F)F)cc1. The molecule has 0 spiro atoms. The van der Waals surface area contributed by atoms with Gasteiger partial charge in [0.1, 0.15) is 5.75 Å². The van der Waals surface area contributed by atoms with E-state index in [0.29, 0.717) is 16.6 Å². The van der Waals surface area contributed by atoms with E-state index < -0.39 is 30.1 Å². The number of nitrogens with one attached hydrogen (secondary N) is 1. The molecule has 9 nitrogen and oxygen atoms in total. The van der Waals surface area contributed by atoms with E-state index in [9.17, 15) is 22.8 Å². The smallest absolute Gasteiger partial charge is 0.418 e. The van der Waals surface area contributed by atoms with Gasteiger partial charge in [-0.2, -0.15) is 17.9 Å². The van der Waals surface area contributed by atoms with Gasteiger partial charge < -0.3 is 15.0 Å². The lowest BCUT2D eigenvalue weighted by Crippen LogP contribution is -2.36. The summed E-state index contributed by atoms with van der Waals surface area (Å²) in [5, 5.41) is 14.0. The minimum absolute atomic E-state index is 0.0839. The molecule has 0 aliphatic heterocycles. The van der Waals surface area contributed by atoms with Crippen molar-refractivity contribution in [2.45, 2.75) is 11.3 Å². The summed E-state index contributed by atoms with van der Waals surface area (Å²) in [4.78, 5) is 25.8. The highest BCUT2D eigenvalue weighted by atomic mass is 32.2. The number of para-hydroxylation sites is 1. The molecule has 0 aliphatic carbocycles. The molecule has 1 heterocycles. The lowest BCUT2D eigenvalue weighted by Gasteiger charge is -2.18. The summed E-state index contributed by atoms with van der Waals surface area (Å²) in [6.07, 6.45) is -4.61. The summed E-state index contributed by atoms with van der Waals surface area (Å²) in [7, 11) is 2.93. The second-order valence-electron chi connectivity index (χ2n) is 6.70. The first-order chi connectivity index (χ1) is 15.7. The normalized spacial score (nSPS) is 11.2. The van der Waals surface area contributed by atoms with Crippen LogP contribution in [0.2, 0.25) is 0 Å². The Morgan fingerprint density at radius 1 is 1.15 bits per heavy atom. The lowest BCUT2D eigenvalue weighted by atomic mass is 10.1. The van der Waals surface area contributed by atoms with Crippen molar-refractivity contribution in [2.24, 2.45) is 0 Å². The van der Waals surface area contributed by atoms with Gasteiger partial charge in [-0.15, -0.1) is 5.10 Å². The van der Waals surface area contributed by atoms with Gasteiger partial charge in [0, 0.05) is 7.05 Å². The fraction of sp³-hybridized carbons (Fsp3) is 0.250. The minimum atomic E-state index is -4.61. The molecule has 0 radical (unpaired) electrons. The van der Waals surface area contributed by atoms with Crippen molar-refractivity contribution in [3.63, 3.8) is 0 Å². The van der Waals surface area contributed by atoms with E-state index in [0.717, 1.165) is 28.8 Å². The summed E-state index contributed by atoms with van der Waals surface area (Å²) in [6, 6.07) is 11.6. The molecule has 13 heteroatoms. The molecule has 0 aliphatic rings. The predicted octanol–water partition coefficient (Wildman–Crippen LogP) is 2.88. The minimum Gasteiger partial charge on any atom is -0.497 e. The number of thioether (sulfide) groups is 1. The van der Waals surface area contributed by atoms with Gasteiger partial charge in [0.25, 0.3) is 0 Å². The summed E-state index contributed by atoms with van der Waals surface area (Å²) < 4.78 is 45.8. The number of anilines is 1. The number of halogens is 3. The fourth-order valence-corrected chi connectivity index (χ4v) is 3.55. The van der Waals surface area contributed by atoms with Crippen LogP contribution in [0.3, 0.4) is 0 Å². The highest BCUT2D eigenvalue weighted by Gasteiger charge is 2.33. The van der Waals surface area contributed by atoms with Gasteiger partial charge in [0.2, 0.25) is 17.0 Å². The molecule has 33 heavy (non-hydrogen) atoms. The number of hydrogen-bond acceptors (Lipinski definition) is 7. The number of carbonyl (C=O) groups is 2. The molecule has 0 bridgehead atoms. The van der Waals surface area contributed by atoms with Gasteiger partial charge in [-0.05, 0) is 46.8 Å². The number of likely N-dealkylation sites (N-methyl/N-ethyl adjacent to an activating group) is 1. The number of benzene rings is 2. The second kappa shape index (κ2) is 10.3. The van der Waals surface area contributed by atoms with Crippen LogP contribution in [0.25, 0.3) is 5.69 Å². The van der Waals surface area contributed by atoms with Crippen molar-refractivity contribution in [2.75, 3.05) is 31.8 Å². The van der Waals surface area contributed by atoms with E-state index in [-0.39, 0.29) is 11.4 Å². The van der Waals surface area contributed by atoms with Crippen LogP contribution in [0.5, 0.6) is 5.75 Å². The van der Waals surface area contributed by atoms with Crippen LogP contribution in [0, 0.1) is 0 Å². The van der Waals surface area contributed by atoms with Gasteiger partial charge in [0.05, 0.1) is 36.3 Å².